The molecule has 0 saturated carbocycles. The second-order valence-corrected chi connectivity index (χ2v) is 7.69. The Labute approximate surface area is 168 Å². The van der Waals surface area contributed by atoms with Crippen molar-refractivity contribution in [2.24, 2.45) is 4.99 Å². The second kappa shape index (κ2) is 8.17. The van der Waals surface area contributed by atoms with Gasteiger partial charge in [-0.25, -0.2) is 4.99 Å². The number of para-hydroxylation sites is 1. The molecule has 28 heavy (non-hydrogen) atoms. The summed E-state index contributed by atoms with van der Waals surface area (Å²) in [5.74, 6) is 0.850. The van der Waals surface area contributed by atoms with Gasteiger partial charge in [0.1, 0.15) is 5.58 Å². The molecule has 0 fully saturated rings. The minimum atomic E-state index is 0.133. The Kier molecular flexibility index (Phi) is 5.46. The van der Waals surface area contributed by atoms with E-state index in [-0.39, 0.29) is 6.04 Å². The molecule has 2 heterocycles. The molecule has 0 radical (unpaired) electrons. The summed E-state index contributed by atoms with van der Waals surface area (Å²) in [5, 5.41) is 3.21. The highest BCUT2D eigenvalue weighted by Gasteiger charge is 2.17. The number of nitrogens with zero attached hydrogens (tertiary/aromatic N) is 2. The van der Waals surface area contributed by atoms with Crippen LogP contribution in [-0.2, 0) is 11.2 Å². The predicted molar refractivity (Wildman–Crippen MR) is 115 cm³/mol. The molecule has 0 aliphatic heterocycles. The van der Waals surface area contributed by atoms with Gasteiger partial charge in [0.05, 0.1) is 24.0 Å². The third kappa shape index (κ3) is 3.68. The highest BCUT2D eigenvalue weighted by atomic mass is 32.1. The van der Waals surface area contributed by atoms with E-state index in [2.05, 4.69) is 60.2 Å². The third-order valence-electron chi connectivity index (χ3n) is 4.84. The third-order valence-corrected chi connectivity index (χ3v) is 5.68. The van der Waals surface area contributed by atoms with Crippen LogP contribution in [0.5, 0.6) is 0 Å². The smallest absolute Gasteiger partial charge is 0.190 e. The van der Waals surface area contributed by atoms with Crippen LogP contribution in [0, 0.1) is 0 Å². The SMILES string of the molecule is CCc1ccc(N=c2scc(-c3cc4ccccc4o3)n2C(C)COC)cc1. The van der Waals surface area contributed by atoms with Gasteiger partial charge in [-0.2, -0.15) is 0 Å². The predicted octanol–water partition coefficient (Wildman–Crippen LogP) is 5.97. The molecule has 0 saturated heterocycles. The molecule has 0 aliphatic carbocycles. The summed E-state index contributed by atoms with van der Waals surface area (Å²) in [7, 11) is 1.73. The van der Waals surface area contributed by atoms with Gasteiger partial charge in [0.25, 0.3) is 0 Å². The fourth-order valence-corrected chi connectivity index (χ4v) is 4.35. The zero-order valence-electron chi connectivity index (χ0n) is 16.4. The molecule has 4 aromatic rings. The van der Waals surface area contributed by atoms with E-state index in [0.29, 0.717) is 6.61 Å². The standard InChI is InChI=1S/C23H24N2O2S/c1-4-17-9-11-19(12-10-17)24-23-25(16(2)14-26-3)20(15-28-23)22-13-18-7-5-6-8-21(18)27-22/h5-13,15-16H,4,14H2,1-3H3. The Balaban J connectivity index is 1.83. The van der Waals surface area contributed by atoms with Gasteiger partial charge in [-0.3, -0.25) is 0 Å². The number of rotatable bonds is 6. The summed E-state index contributed by atoms with van der Waals surface area (Å²) >= 11 is 1.62. The quantitative estimate of drug-likeness (QED) is 0.406. The van der Waals surface area contributed by atoms with Crippen LogP contribution in [0.3, 0.4) is 0 Å². The molecule has 0 spiro atoms. The number of ether oxygens (including phenoxy) is 1. The van der Waals surface area contributed by atoms with Crippen molar-refractivity contribution in [3.8, 4) is 11.5 Å². The van der Waals surface area contributed by atoms with E-state index < -0.39 is 0 Å². The normalized spacial score (nSPS) is 13.3. The van der Waals surface area contributed by atoms with E-state index >= 15 is 0 Å². The van der Waals surface area contributed by atoms with Gasteiger partial charge in [-0.1, -0.05) is 37.3 Å². The minimum Gasteiger partial charge on any atom is -0.454 e. The van der Waals surface area contributed by atoms with Gasteiger partial charge < -0.3 is 13.7 Å². The van der Waals surface area contributed by atoms with Gasteiger partial charge >= 0.3 is 0 Å². The summed E-state index contributed by atoms with van der Waals surface area (Å²) < 4.78 is 13.8. The highest BCUT2D eigenvalue weighted by Crippen LogP contribution is 2.30. The number of hydrogen-bond acceptors (Lipinski definition) is 4. The largest absolute Gasteiger partial charge is 0.454 e. The van der Waals surface area contributed by atoms with Crippen LogP contribution in [-0.4, -0.2) is 18.3 Å². The van der Waals surface area contributed by atoms with E-state index in [0.717, 1.165) is 39.3 Å². The molecule has 1 atom stereocenters. The van der Waals surface area contributed by atoms with E-state index in [1.54, 1.807) is 18.4 Å². The average molecular weight is 393 g/mol. The van der Waals surface area contributed by atoms with Crippen molar-refractivity contribution in [3.63, 3.8) is 0 Å². The van der Waals surface area contributed by atoms with Crippen molar-refractivity contribution in [2.45, 2.75) is 26.3 Å². The Bertz CT molecular complexity index is 1100. The molecule has 0 amide bonds. The monoisotopic (exact) mass is 392 g/mol. The maximum absolute atomic E-state index is 6.12. The summed E-state index contributed by atoms with van der Waals surface area (Å²) in [6.07, 6.45) is 1.03. The van der Waals surface area contributed by atoms with Crippen molar-refractivity contribution in [1.82, 2.24) is 4.57 Å². The topological polar surface area (TPSA) is 39.7 Å². The van der Waals surface area contributed by atoms with E-state index in [4.69, 9.17) is 14.1 Å². The molecule has 144 valence electrons. The van der Waals surface area contributed by atoms with Crippen molar-refractivity contribution < 1.29 is 9.15 Å². The molecule has 5 heteroatoms. The van der Waals surface area contributed by atoms with Crippen LogP contribution >= 0.6 is 11.3 Å². The molecule has 2 aromatic carbocycles. The lowest BCUT2D eigenvalue weighted by molar-refractivity contribution is 0.161. The summed E-state index contributed by atoms with van der Waals surface area (Å²) in [4.78, 5) is 5.84. The van der Waals surface area contributed by atoms with Crippen LogP contribution in [0.1, 0.15) is 25.5 Å². The van der Waals surface area contributed by atoms with Crippen LogP contribution in [0.2, 0.25) is 0 Å². The average Bonchev–Trinajstić information content (AvgIpc) is 3.32. The van der Waals surface area contributed by atoms with Gasteiger partial charge in [0, 0.05) is 17.9 Å². The molecule has 0 bridgehead atoms. The first-order valence-electron chi connectivity index (χ1n) is 9.51. The Morgan fingerprint density at radius 2 is 1.93 bits per heavy atom. The first-order chi connectivity index (χ1) is 13.7. The van der Waals surface area contributed by atoms with Crippen LogP contribution in [0.4, 0.5) is 5.69 Å². The molecule has 4 nitrogen and oxygen atoms in total. The lowest BCUT2D eigenvalue weighted by atomic mass is 10.2. The first-order valence-corrected chi connectivity index (χ1v) is 10.4. The highest BCUT2D eigenvalue weighted by molar-refractivity contribution is 7.07. The number of hydrogen-bond donors (Lipinski definition) is 0. The Morgan fingerprint density at radius 3 is 2.64 bits per heavy atom. The number of methoxy groups -OCH3 is 1. The van der Waals surface area contributed by atoms with E-state index in [1.807, 2.05) is 18.2 Å². The molecule has 0 aliphatic rings. The van der Waals surface area contributed by atoms with Crippen LogP contribution in [0.25, 0.3) is 22.4 Å². The summed E-state index contributed by atoms with van der Waals surface area (Å²) in [6, 6.07) is 18.7. The van der Waals surface area contributed by atoms with Crippen LogP contribution < -0.4 is 4.80 Å². The van der Waals surface area contributed by atoms with Crippen LogP contribution in [0.15, 0.2) is 69.4 Å². The molecule has 2 aromatic heterocycles. The lowest BCUT2D eigenvalue weighted by Gasteiger charge is -2.15. The number of fused-ring (bicyclic) bond motifs is 1. The second-order valence-electron chi connectivity index (χ2n) is 6.86. The summed E-state index contributed by atoms with van der Waals surface area (Å²) in [5.41, 5.74) is 4.18. The zero-order chi connectivity index (χ0) is 19.5. The molecular weight excluding hydrogens is 368 g/mol. The van der Waals surface area contributed by atoms with Gasteiger partial charge in [0.15, 0.2) is 10.6 Å². The number of benzene rings is 2. The maximum Gasteiger partial charge on any atom is 0.190 e. The molecule has 4 rings (SSSR count). The van der Waals surface area contributed by atoms with E-state index in [9.17, 15) is 0 Å². The molecule has 1 unspecified atom stereocenters. The van der Waals surface area contributed by atoms with Crippen molar-refractivity contribution >= 4 is 28.0 Å². The van der Waals surface area contributed by atoms with Crippen molar-refractivity contribution in [1.29, 1.82) is 0 Å². The lowest BCUT2D eigenvalue weighted by Crippen LogP contribution is -2.22. The Morgan fingerprint density at radius 1 is 1.14 bits per heavy atom. The fourth-order valence-electron chi connectivity index (χ4n) is 3.35. The zero-order valence-corrected chi connectivity index (χ0v) is 17.2. The number of aryl methyl sites for hydroxylation is 1. The summed E-state index contributed by atoms with van der Waals surface area (Å²) in [6.45, 7) is 4.90. The maximum atomic E-state index is 6.12. The van der Waals surface area contributed by atoms with E-state index in [1.165, 1.54) is 5.56 Å². The van der Waals surface area contributed by atoms with Crippen molar-refractivity contribution in [2.75, 3.05) is 13.7 Å². The number of aromatic nitrogens is 1. The Hall–Kier alpha value is -2.63. The molecular formula is C23H24N2O2S. The van der Waals surface area contributed by atoms with Gasteiger partial charge in [-0.05, 0) is 43.2 Å². The van der Waals surface area contributed by atoms with Gasteiger partial charge in [-0.15, -0.1) is 11.3 Å². The fraction of sp³-hybridized carbons (Fsp3) is 0.261. The van der Waals surface area contributed by atoms with Gasteiger partial charge in [0.2, 0.25) is 0 Å². The minimum absolute atomic E-state index is 0.133. The number of thiazole rings is 1. The van der Waals surface area contributed by atoms with Crippen molar-refractivity contribution in [3.05, 3.63) is 70.3 Å². The first kappa shape index (κ1) is 18.7. The molecule has 0 N–H and O–H groups in total. The number of furan rings is 1.